The predicted octanol–water partition coefficient (Wildman–Crippen LogP) is 4.72. The Morgan fingerprint density at radius 2 is 1.86 bits per heavy atom. The van der Waals surface area contributed by atoms with Crippen LogP contribution in [0.2, 0.25) is 5.02 Å². The van der Waals surface area contributed by atoms with Crippen molar-refractivity contribution in [3.63, 3.8) is 0 Å². The Morgan fingerprint density at radius 1 is 1.06 bits per heavy atom. The molecule has 182 valence electrons. The van der Waals surface area contributed by atoms with E-state index in [-0.39, 0.29) is 5.91 Å². The molecule has 1 fully saturated rings. The van der Waals surface area contributed by atoms with Gasteiger partial charge in [0, 0.05) is 25.0 Å². The number of likely N-dealkylation sites (tertiary alicyclic amines) is 1. The summed E-state index contributed by atoms with van der Waals surface area (Å²) in [6.07, 6.45) is 12.0. The number of hydrogen-bond acceptors (Lipinski definition) is 7. The summed E-state index contributed by atoms with van der Waals surface area (Å²) in [4.78, 5) is 27.9. The molecule has 1 amide bonds. The van der Waals surface area contributed by atoms with Gasteiger partial charge in [-0.1, -0.05) is 17.7 Å². The number of halogens is 1. The molecular weight excluding hydrogens is 462 g/mol. The number of amides is 1. The van der Waals surface area contributed by atoms with Gasteiger partial charge in [0.05, 0.1) is 23.6 Å². The van der Waals surface area contributed by atoms with E-state index in [1.165, 1.54) is 49.9 Å². The summed E-state index contributed by atoms with van der Waals surface area (Å²) in [5.41, 5.74) is 4.74. The standard InChI is InChI=1S/C26H30ClN7O/c1-28-25(35)21-10-11-29-16-23(21)32-24-22(27)15-30-26(33-24)31-19-7-4-17-5-8-20(9-6-18(17)14-19)34-12-2-3-13-34/h4,7,10-11,14-16,20H,2-3,5-6,8-9,12-13H2,1H3,(H,28,35)(H2,30,31,32,33)/t20-/m0/s1. The van der Waals surface area contributed by atoms with E-state index in [9.17, 15) is 4.79 Å². The Bertz CT molecular complexity index is 1210. The number of fused-ring (bicyclic) bond motifs is 1. The Kier molecular flexibility index (Phi) is 7.11. The maximum atomic E-state index is 12.2. The molecule has 0 saturated carbocycles. The van der Waals surface area contributed by atoms with Gasteiger partial charge in [0.15, 0.2) is 5.82 Å². The molecule has 1 aliphatic heterocycles. The van der Waals surface area contributed by atoms with E-state index in [1.54, 1.807) is 31.7 Å². The van der Waals surface area contributed by atoms with Gasteiger partial charge in [-0.05, 0) is 80.9 Å². The van der Waals surface area contributed by atoms with Crippen molar-refractivity contribution < 1.29 is 4.79 Å². The van der Waals surface area contributed by atoms with Crippen LogP contribution in [0.15, 0.2) is 42.9 Å². The van der Waals surface area contributed by atoms with Crippen LogP contribution in [0.4, 0.5) is 23.1 Å². The van der Waals surface area contributed by atoms with E-state index >= 15 is 0 Å². The second-order valence-electron chi connectivity index (χ2n) is 9.10. The molecule has 0 bridgehead atoms. The Hall–Kier alpha value is -3.23. The summed E-state index contributed by atoms with van der Waals surface area (Å²) in [5.74, 6) is 0.590. The molecule has 3 heterocycles. The van der Waals surface area contributed by atoms with E-state index < -0.39 is 0 Å². The molecule has 3 aromatic rings. The highest BCUT2D eigenvalue weighted by atomic mass is 35.5. The molecule has 1 atom stereocenters. The molecule has 35 heavy (non-hydrogen) atoms. The van der Waals surface area contributed by atoms with Crippen LogP contribution in [-0.4, -0.2) is 51.9 Å². The summed E-state index contributed by atoms with van der Waals surface area (Å²) in [7, 11) is 1.58. The van der Waals surface area contributed by atoms with Crippen LogP contribution < -0.4 is 16.0 Å². The van der Waals surface area contributed by atoms with E-state index in [1.807, 2.05) is 0 Å². The van der Waals surface area contributed by atoms with Gasteiger partial charge in [-0.2, -0.15) is 4.98 Å². The molecule has 0 spiro atoms. The summed E-state index contributed by atoms with van der Waals surface area (Å²) < 4.78 is 0. The summed E-state index contributed by atoms with van der Waals surface area (Å²) in [6, 6.07) is 8.87. The number of anilines is 4. The predicted molar refractivity (Wildman–Crippen MR) is 139 cm³/mol. The van der Waals surface area contributed by atoms with Crippen LogP contribution in [0.3, 0.4) is 0 Å². The van der Waals surface area contributed by atoms with Gasteiger partial charge in [0.1, 0.15) is 5.02 Å². The van der Waals surface area contributed by atoms with Gasteiger partial charge in [-0.15, -0.1) is 0 Å². The minimum atomic E-state index is -0.227. The number of carbonyl (C=O) groups excluding carboxylic acids is 1. The largest absolute Gasteiger partial charge is 0.355 e. The smallest absolute Gasteiger partial charge is 0.253 e. The van der Waals surface area contributed by atoms with E-state index in [0.29, 0.717) is 34.1 Å². The first-order valence-corrected chi connectivity index (χ1v) is 12.6. The minimum absolute atomic E-state index is 0.227. The van der Waals surface area contributed by atoms with E-state index in [4.69, 9.17) is 11.6 Å². The highest BCUT2D eigenvalue weighted by Gasteiger charge is 2.24. The molecule has 8 nitrogen and oxygen atoms in total. The third-order valence-corrected chi connectivity index (χ3v) is 7.18. The lowest BCUT2D eigenvalue weighted by molar-refractivity contribution is 0.0964. The van der Waals surface area contributed by atoms with Crippen molar-refractivity contribution in [3.8, 4) is 0 Å². The van der Waals surface area contributed by atoms with Crippen molar-refractivity contribution in [2.24, 2.45) is 0 Å². The highest BCUT2D eigenvalue weighted by molar-refractivity contribution is 6.33. The average molecular weight is 492 g/mol. The fraction of sp³-hybridized carbons (Fsp3) is 0.385. The molecule has 0 radical (unpaired) electrons. The lowest BCUT2D eigenvalue weighted by Gasteiger charge is -2.25. The van der Waals surface area contributed by atoms with E-state index in [2.05, 4.69) is 54.0 Å². The lowest BCUT2D eigenvalue weighted by Crippen LogP contribution is -2.32. The number of hydrogen-bond donors (Lipinski definition) is 3. The van der Waals surface area contributed by atoms with Crippen molar-refractivity contribution in [1.82, 2.24) is 25.2 Å². The molecule has 3 N–H and O–H groups in total. The zero-order chi connectivity index (χ0) is 24.2. The van der Waals surface area contributed by atoms with Gasteiger partial charge in [0.2, 0.25) is 5.95 Å². The first-order chi connectivity index (χ1) is 17.1. The third-order valence-electron chi connectivity index (χ3n) is 6.90. The molecule has 1 aliphatic carbocycles. The molecule has 5 rings (SSSR count). The lowest BCUT2D eigenvalue weighted by atomic mass is 10.0. The van der Waals surface area contributed by atoms with Gasteiger partial charge < -0.3 is 20.9 Å². The number of nitrogens with one attached hydrogen (secondary N) is 3. The zero-order valence-electron chi connectivity index (χ0n) is 19.9. The molecule has 1 aromatic carbocycles. The first kappa shape index (κ1) is 23.5. The normalized spacial score (nSPS) is 17.9. The van der Waals surface area contributed by atoms with Crippen molar-refractivity contribution in [1.29, 1.82) is 0 Å². The topological polar surface area (TPSA) is 95.1 Å². The minimum Gasteiger partial charge on any atom is -0.355 e. The molecule has 2 aliphatic rings. The second kappa shape index (κ2) is 10.6. The highest BCUT2D eigenvalue weighted by Crippen LogP contribution is 2.30. The fourth-order valence-corrected chi connectivity index (χ4v) is 5.18. The second-order valence-corrected chi connectivity index (χ2v) is 9.51. The van der Waals surface area contributed by atoms with Gasteiger partial charge >= 0.3 is 0 Å². The Labute approximate surface area is 210 Å². The van der Waals surface area contributed by atoms with Crippen LogP contribution in [0.1, 0.15) is 47.2 Å². The number of benzene rings is 1. The number of rotatable bonds is 6. The zero-order valence-corrected chi connectivity index (χ0v) is 20.6. The van der Waals surface area contributed by atoms with Gasteiger partial charge in [-0.25, -0.2) is 4.98 Å². The van der Waals surface area contributed by atoms with Crippen molar-refractivity contribution in [2.45, 2.75) is 44.6 Å². The van der Waals surface area contributed by atoms with Crippen molar-refractivity contribution in [3.05, 3.63) is 64.6 Å². The van der Waals surface area contributed by atoms with Crippen LogP contribution in [0, 0.1) is 0 Å². The van der Waals surface area contributed by atoms with Gasteiger partial charge in [-0.3, -0.25) is 9.78 Å². The average Bonchev–Trinajstić information content (AvgIpc) is 3.33. The SMILES string of the molecule is CNC(=O)c1ccncc1Nc1nc(Nc2ccc3c(c2)CC[C@@H](N2CCCC2)CC3)ncc1Cl. The van der Waals surface area contributed by atoms with Crippen LogP contribution in [-0.2, 0) is 12.8 Å². The number of nitrogens with zero attached hydrogens (tertiary/aromatic N) is 4. The Balaban J connectivity index is 1.31. The Morgan fingerprint density at radius 3 is 2.66 bits per heavy atom. The summed E-state index contributed by atoms with van der Waals surface area (Å²) >= 11 is 6.36. The first-order valence-electron chi connectivity index (χ1n) is 12.2. The van der Waals surface area contributed by atoms with Crippen LogP contribution >= 0.6 is 11.6 Å². The number of aryl methyl sites for hydroxylation is 2. The van der Waals surface area contributed by atoms with E-state index in [0.717, 1.165) is 18.5 Å². The molecule has 0 unspecified atom stereocenters. The molecule has 9 heteroatoms. The van der Waals surface area contributed by atoms with Crippen LogP contribution in [0.5, 0.6) is 0 Å². The maximum Gasteiger partial charge on any atom is 0.253 e. The summed E-state index contributed by atoms with van der Waals surface area (Å²) in [5, 5.41) is 9.41. The quantitative estimate of drug-likeness (QED) is 0.429. The molecular formula is C26H30ClN7O. The van der Waals surface area contributed by atoms with Gasteiger partial charge in [0.25, 0.3) is 5.91 Å². The number of carbonyl (C=O) groups is 1. The summed E-state index contributed by atoms with van der Waals surface area (Å²) in [6.45, 7) is 2.50. The monoisotopic (exact) mass is 491 g/mol. The number of aromatic nitrogens is 3. The van der Waals surface area contributed by atoms with Crippen molar-refractivity contribution >= 4 is 40.6 Å². The van der Waals surface area contributed by atoms with Crippen molar-refractivity contribution in [2.75, 3.05) is 30.8 Å². The maximum absolute atomic E-state index is 12.2. The fourth-order valence-electron chi connectivity index (χ4n) is 5.04. The van der Waals surface area contributed by atoms with Crippen LogP contribution in [0.25, 0.3) is 0 Å². The molecule has 1 saturated heterocycles. The number of pyridine rings is 1. The third kappa shape index (κ3) is 5.39. The molecule has 2 aromatic heterocycles.